The van der Waals surface area contributed by atoms with Gasteiger partial charge in [0, 0.05) is 0 Å². The fourth-order valence-corrected chi connectivity index (χ4v) is 1.35. The maximum Gasteiger partial charge on any atom is 0.417 e. The van der Waals surface area contributed by atoms with Gasteiger partial charge in [-0.25, -0.2) is 9.18 Å². The number of benzene rings is 1. The largest absolute Gasteiger partial charge is 0.491 e. The number of esters is 1. The van der Waals surface area contributed by atoms with Crippen LogP contribution in [0.3, 0.4) is 0 Å². The number of alkyl halides is 4. The van der Waals surface area contributed by atoms with Gasteiger partial charge in [0.15, 0.2) is 0 Å². The van der Waals surface area contributed by atoms with Crippen LogP contribution in [0, 0.1) is 0 Å². The van der Waals surface area contributed by atoms with Gasteiger partial charge in [0.25, 0.3) is 0 Å². The Hall–Kier alpha value is -1.79. The number of rotatable bonds is 4. The van der Waals surface area contributed by atoms with Gasteiger partial charge in [0.1, 0.15) is 18.5 Å². The van der Waals surface area contributed by atoms with E-state index in [-0.39, 0.29) is 12.4 Å². The highest BCUT2D eigenvalue weighted by molar-refractivity contribution is 5.91. The van der Waals surface area contributed by atoms with Gasteiger partial charge in [-0.3, -0.25) is 0 Å². The zero-order chi connectivity index (χ0) is 14.6. The molecular weight excluding hydrogens is 268 g/mol. The number of hydrogen-bond donors (Lipinski definition) is 0. The third-order valence-corrected chi connectivity index (χ3v) is 2.18. The van der Waals surface area contributed by atoms with E-state index in [0.29, 0.717) is 6.07 Å². The lowest BCUT2D eigenvalue weighted by Gasteiger charge is -2.14. The molecule has 1 aromatic carbocycles. The average molecular weight is 280 g/mol. The molecule has 0 N–H and O–H groups in total. The van der Waals surface area contributed by atoms with E-state index in [1.54, 1.807) is 0 Å². The van der Waals surface area contributed by atoms with Crippen molar-refractivity contribution in [1.82, 2.24) is 0 Å². The minimum atomic E-state index is -4.73. The Balaban J connectivity index is 3.12. The number of carbonyl (C=O) groups excluding carboxylic acids is 1. The first-order chi connectivity index (χ1) is 8.75. The van der Waals surface area contributed by atoms with E-state index in [4.69, 9.17) is 4.74 Å². The van der Waals surface area contributed by atoms with E-state index in [1.807, 2.05) is 0 Å². The minimum Gasteiger partial charge on any atom is -0.491 e. The fraction of sp³-hybridized carbons (Fsp3) is 0.417. The van der Waals surface area contributed by atoms with Crippen LogP contribution in [0.15, 0.2) is 18.2 Å². The first kappa shape index (κ1) is 15.3. The first-order valence-corrected chi connectivity index (χ1v) is 5.32. The molecule has 19 heavy (non-hydrogen) atoms. The Bertz CT molecular complexity index is 455. The number of methoxy groups -OCH3 is 1. The Labute approximate surface area is 107 Å². The van der Waals surface area contributed by atoms with Crippen LogP contribution in [0.4, 0.5) is 17.6 Å². The monoisotopic (exact) mass is 280 g/mol. The molecule has 0 heterocycles. The molecule has 0 aliphatic rings. The topological polar surface area (TPSA) is 35.5 Å². The van der Waals surface area contributed by atoms with Crippen molar-refractivity contribution in [1.29, 1.82) is 0 Å². The molecule has 3 nitrogen and oxygen atoms in total. The van der Waals surface area contributed by atoms with Crippen LogP contribution < -0.4 is 4.74 Å². The van der Waals surface area contributed by atoms with Gasteiger partial charge in [0.05, 0.1) is 18.2 Å². The van der Waals surface area contributed by atoms with Crippen molar-refractivity contribution >= 4 is 5.97 Å². The van der Waals surface area contributed by atoms with Crippen molar-refractivity contribution in [2.45, 2.75) is 19.3 Å². The highest BCUT2D eigenvalue weighted by Crippen LogP contribution is 2.34. The second-order valence-corrected chi connectivity index (χ2v) is 3.79. The summed E-state index contributed by atoms with van der Waals surface area (Å²) in [7, 11) is 0.984. The Kier molecular flexibility index (Phi) is 4.74. The number of carbonyl (C=O) groups is 1. The van der Waals surface area contributed by atoms with Crippen LogP contribution in [0.25, 0.3) is 0 Å². The lowest BCUT2D eigenvalue weighted by atomic mass is 10.1. The third kappa shape index (κ3) is 4.11. The van der Waals surface area contributed by atoms with Crippen molar-refractivity contribution in [3.8, 4) is 5.75 Å². The summed E-state index contributed by atoms with van der Waals surface area (Å²) in [6, 6.07) is 2.74. The van der Waals surface area contributed by atoms with Gasteiger partial charge in [-0.1, -0.05) is 0 Å². The third-order valence-electron chi connectivity index (χ3n) is 2.18. The van der Waals surface area contributed by atoms with Crippen molar-refractivity contribution in [3.05, 3.63) is 29.3 Å². The molecule has 1 rings (SSSR count). The van der Waals surface area contributed by atoms with E-state index in [1.165, 1.54) is 6.92 Å². The lowest BCUT2D eigenvalue weighted by Crippen LogP contribution is -2.15. The molecule has 0 spiro atoms. The summed E-state index contributed by atoms with van der Waals surface area (Å²) in [5.74, 6) is -1.26. The van der Waals surface area contributed by atoms with Crippen LogP contribution in [0.1, 0.15) is 22.8 Å². The van der Waals surface area contributed by atoms with Gasteiger partial charge >= 0.3 is 12.1 Å². The van der Waals surface area contributed by atoms with Gasteiger partial charge in [-0.15, -0.1) is 0 Å². The van der Waals surface area contributed by atoms with E-state index < -0.39 is 29.4 Å². The molecule has 7 heteroatoms. The predicted octanol–water partition coefficient (Wildman–Crippen LogP) is 3.23. The van der Waals surface area contributed by atoms with E-state index in [2.05, 4.69) is 4.74 Å². The number of halogens is 4. The highest BCUT2D eigenvalue weighted by Gasteiger charge is 2.36. The van der Waals surface area contributed by atoms with Crippen LogP contribution in [0.2, 0.25) is 0 Å². The average Bonchev–Trinajstić information content (AvgIpc) is 2.34. The molecule has 0 radical (unpaired) electrons. The lowest BCUT2D eigenvalue weighted by molar-refractivity contribution is -0.138. The van der Waals surface area contributed by atoms with Crippen molar-refractivity contribution in [2.75, 3.05) is 13.7 Å². The molecule has 0 fully saturated rings. The Morgan fingerprint density at radius 2 is 2.00 bits per heavy atom. The zero-order valence-electron chi connectivity index (χ0n) is 10.3. The second kappa shape index (κ2) is 5.90. The Morgan fingerprint density at radius 1 is 1.37 bits per heavy atom. The SMILES string of the molecule is COC(=O)c1ccc(OC[C@H](C)F)cc1C(F)(F)F. The van der Waals surface area contributed by atoms with Gasteiger partial charge in [0.2, 0.25) is 0 Å². The summed E-state index contributed by atoms with van der Waals surface area (Å²) in [4.78, 5) is 11.2. The summed E-state index contributed by atoms with van der Waals surface area (Å²) in [5.41, 5.74) is -1.79. The molecule has 0 saturated heterocycles. The summed E-state index contributed by atoms with van der Waals surface area (Å²) in [6.45, 7) is 0.850. The predicted molar refractivity (Wildman–Crippen MR) is 58.8 cm³/mol. The summed E-state index contributed by atoms with van der Waals surface area (Å²) >= 11 is 0. The van der Waals surface area contributed by atoms with Crippen molar-refractivity contribution in [3.63, 3.8) is 0 Å². The molecule has 0 saturated carbocycles. The summed E-state index contributed by atoms with van der Waals surface area (Å²) in [6.07, 6.45) is -6.04. The number of ether oxygens (including phenoxy) is 2. The zero-order valence-corrected chi connectivity index (χ0v) is 10.3. The van der Waals surface area contributed by atoms with Gasteiger partial charge in [-0.05, 0) is 25.1 Å². The molecule has 1 aromatic rings. The van der Waals surface area contributed by atoms with E-state index in [9.17, 15) is 22.4 Å². The van der Waals surface area contributed by atoms with E-state index in [0.717, 1.165) is 19.2 Å². The molecule has 106 valence electrons. The van der Waals surface area contributed by atoms with Gasteiger partial charge < -0.3 is 9.47 Å². The van der Waals surface area contributed by atoms with Crippen LogP contribution in [0.5, 0.6) is 5.75 Å². The van der Waals surface area contributed by atoms with Crippen LogP contribution in [-0.4, -0.2) is 25.9 Å². The highest BCUT2D eigenvalue weighted by atomic mass is 19.4. The van der Waals surface area contributed by atoms with Crippen LogP contribution in [-0.2, 0) is 10.9 Å². The maximum atomic E-state index is 12.8. The molecule has 0 unspecified atom stereocenters. The van der Waals surface area contributed by atoms with Gasteiger partial charge in [-0.2, -0.15) is 13.2 Å². The normalized spacial score (nSPS) is 12.9. The Morgan fingerprint density at radius 3 is 2.47 bits per heavy atom. The molecule has 0 aliphatic carbocycles. The standard InChI is InChI=1S/C12H12F4O3/c1-7(13)6-19-8-3-4-9(11(17)18-2)10(5-8)12(14,15)16/h3-5,7H,6H2,1-2H3/t7-/m0/s1. The fourth-order valence-electron chi connectivity index (χ4n) is 1.35. The molecule has 0 aromatic heterocycles. The first-order valence-electron chi connectivity index (χ1n) is 5.32. The molecule has 1 atom stereocenters. The maximum absolute atomic E-state index is 12.8. The summed E-state index contributed by atoms with van der Waals surface area (Å²) in [5, 5.41) is 0. The van der Waals surface area contributed by atoms with Crippen molar-refractivity contribution in [2.24, 2.45) is 0 Å². The molecular formula is C12H12F4O3. The molecule has 0 aliphatic heterocycles. The van der Waals surface area contributed by atoms with E-state index >= 15 is 0 Å². The molecule has 0 amide bonds. The smallest absolute Gasteiger partial charge is 0.417 e. The summed E-state index contributed by atoms with van der Waals surface area (Å²) < 4.78 is 60.0. The minimum absolute atomic E-state index is 0.163. The van der Waals surface area contributed by atoms with Crippen molar-refractivity contribution < 1.29 is 31.8 Å². The number of hydrogen-bond acceptors (Lipinski definition) is 3. The van der Waals surface area contributed by atoms with Crippen LogP contribution >= 0.6 is 0 Å². The molecule has 0 bridgehead atoms. The second-order valence-electron chi connectivity index (χ2n) is 3.79. The quantitative estimate of drug-likeness (QED) is 0.627.